The third-order valence-electron chi connectivity index (χ3n) is 8.00. The van der Waals surface area contributed by atoms with Crippen molar-refractivity contribution >= 4 is 43.8 Å². The van der Waals surface area contributed by atoms with Crippen molar-refractivity contribution in [1.82, 2.24) is 14.9 Å². The van der Waals surface area contributed by atoms with E-state index in [2.05, 4.69) is 32.4 Å². The van der Waals surface area contributed by atoms with Gasteiger partial charge in [0.05, 0.1) is 28.7 Å². The molecule has 0 fully saturated rings. The molecule has 0 spiro atoms. The maximum atomic E-state index is 14.0. The number of hydrogen-bond donors (Lipinski definition) is 3. The highest BCUT2D eigenvalue weighted by atomic mass is 32.2. The summed E-state index contributed by atoms with van der Waals surface area (Å²) >= 11 is 0. The molecular weight excluding hydrogens is 578 g/mol. The number of carbonyl (C=O) groups excluding carboxylic acids is 2. The van der Waals surface area contributed by atoms with Crippen LogP contribution in [-0.4, -0.2) is 54.3 Å². The van der Waals surface area contributed by atoms with Crippen LogP contribution in [-0.2, 0) is 32.4 Å². The van der Waals surface area contributed by atoms with Crippen LogP contribution in [0.4, 0.5) is 11.4 Å². The van der Waals surface area contributed by atoms with Crippen molar-refractivity contribution in [2.24, 2.45) is 0 Å². The van der Waals surface area contributed by atoms with Crippen LogP contribution in [0.25, 0.3) is 10.9 Å². The first-order valence-electron chi connectivity index (χ1n) is 14.6. The van der Waals surface area contributed by atoms with Crippen molar-refractivity contribution in [3.8, 4) is 0 Å². The largest absolute Gasteiger partial charge is 0.372 e. The van der Waals surface area contributed by atoms with Gasteiger partial charge in [-0.15, -0.1) is 0 Å². The van der Waals surface area contributed by atoms with E-state index in [1.54, 1.807) is 30.3 Å². The minimum absolute atomic E-state index is 0.0391. The Hall–Kier alpha value is -4.35. The van der Waals surface area contributed by atoms with Crippen LogP contribution in [0.15, 0.2) is 64.5 Å². The monoisotopic (exact) mass is 615 g/mol. The van der Waals surface area contributed by atoms with Gasteiger partial charge in [-0.05, 0) is 97.4 Å². The molecule has 1 aromatic heterocycles. The Morgan fingerprint density at radius 3 is 2.43 bits per heavy atom. The summed E-state index contributed by atoms with van der Waals surface area (Å²) in [4.78, 5) is 48.6. The van der Waals surface area contributed by atoms with Crippen molar-refractivity contribution in [3.63, 3.8) is 0 Å². The van der Waals surface area contributed by atoms with Gasteiger partial charge in [0, 0.05) is 30.6 Å². The molecule has 10 nitrogen and oxygen atoms in total. The summed E-state index contributed by atoms with van der Waals surface area (Å²) in [6.07, 6.45) is 3.54. The normalized spacial score (nSPS) is 16.7. The van der Waals surface area contributed by atoms with E-state index in [1.165, 1.54) is 12.4 Å². The van der Waals surface area contributed by atoms with Gasteiger partial charge in [-0.1, -0.05) is 19.1 Å². The topological polar surface area (TPSA) is 141 Å². The van der Waals surface area contributed by atoms with E-state index in [4.69, 9.17) is 0 Å². The number of benzene rings is 3. The van der Waals surface area contributed by atoms with Crippen LogP contribution < -0.4 is 16.2 Å². The second-order valence-corrected chi connectivity index (χ2v) is 13.5. The van der Waals surface area contributed by atoms with Gasteiger partial charge in [0.2, 0.25) is 5.91 Å². The van der Waals surface area contributed by atoms with Gasteiger partial charge >= 0.3 is 0 Å². The third-order valence-corrected chi connectivity index (χ3v) is 9.20. The number of aryl methyl sites for hydroxylation is 3. The number of anilines is 2. The molecule has 44 heavy (non-hydrogen) atoms. The van der Waals surface area contributed by atoms with Gasteiger partial charge in [0.1, 0.15) is 6.04 Å². The molecule has 4 bridgehead atoms. The second kappa shape index (κ2) is 12.7. The zero-order valence-corrected chi connectivity index (χ0v) is 26.2. The summed E-state index contributed by atoms with van der Waals surface area (Å²) < 4.78 is 25.3. The van der Waals surface area contributed by atoms with Crippen LogP contribution in [0.5, 0.6) is 0 Å². The zero-order valence-electron chi connectivity index (χ0n) is 25.4. The minimum atomic E-state index is -3.59. The van der Waals surface area contributed by atoms with E-state index in [9.17, 15) is 22.8 Å². The number of sulfone groups is 1. The molecule has 3 aromatic carbocycles. The van der Waals surface area contributed by atoms with E-state index in [0.29, 0.717) is 40.9 Å². The Kier molecular flexibility index (Phi) is 8.98. The molecule has 2 aliphatic heterocycles. The molecule has 4 aromatic rings. The lowest BCUT2D eigenvalue weighted by Crippen LogP contribution is -2.34. The Morgan fingerprint density at radius 1 is 0.977 bits per heavy atom. The summed E-state index contributed by atoms with van der Waals surface area (Å²) in [7, 11) is -3.59. The number of Topliss-reactive ketones (excluding diaryl/α,β-unsaturated/α-hetero) is 1. The Labute approximate surface area is 256 Å². The Morgan fingerprint density at radius 2 is 1.73 bits per heavy atom. The number of amides is 1. The fraction of sp³-hybridized carbons (Fsp3) is 0.333. The molecule has 1 atom stereocenters. The van der Waals surface area contributed by atoms with Crippen molar-refractivity contribution in [2.75, 3.05) is 30.0 Å². The molecule has 0 aliphatic carbocycles. The fourth-order valence-electron chi connectivity index (χ4n) is 5.89. The van der Waals surface area contributed by atoms with Gasteiger partial charge in [-0.2, -0.15) is 0 Å². The maximum Gasteiger partial charge on any atom is 0.258 e. The highest BCUT2D eigenvalue weighted by Gasteiger charge is 2.25. The number of aromatic nitrogens is 2. The first kappa shape index (κ1) is 31.1. The number of H-pyrrole nitrogens is 1. The number of nitrogens with zero attached hydrogens (tertiary/aromatic N) is 2. The molecule has 3 heterocycles. The van der Waals surface area contributed by atoms with E-state index >= 15 is 0 Å². The molecule has 11 heteroatoms. The predicted octanol–water partition coefficient (Wildman–Crippen LogP) is 4.46. The molecule has 2 aliphatic rings. The molecule has 3 N–H and O–H groups in total. The fourth-order valence-corrected chi connectivity index (χ4v) is 6.84. The Bertz CT molecular complexity index is 1890. The van der Waals surface area contributed by atoms with E-state index in [1.807, 2.05) is 26.0 Å². The summed E-state index contributed by atoms with van der Waals surface area (Å²) in [5, 5.41) is 6.67. The zero-order chi connectivity index (χ0) is 31.6. The summed E-state index contributed by atoms with van der Waals surface area (Å²) in [6.45, 7) is 7.52. The number of aromatic amines is 1. The van der Waals surface area contributed by atoms with Crippen LogP contribution >= 0.6 is 0 Å². The molecule has 0 radical (unpaired) electrons. The van der Waals surface area contributed by atoms with Crippen molar-refractivity contribution < 1.29 is 18.0 Å². The van der Waals surface area contributed by atoms with Gasteiger partial charge in [0.15, 0.2) is 15.6 Å². The van der Waals surface area contributed by atoms with E-state index in [-0.39, 0.29) is 41.5 Å². The first-order chi connectivity index (χ1) is 20.9. The number of ketones is 1. The van der Waals surface area contributed by atoms with Gasteiger partial charge in [-0.25, -0.2) is 13.4 Å². The summed E-state index contributed by atoms with van der Waals surface area (Å²) in [6, 6.07) is 13.1. The predicted molar refractivity (Wildman–Crippen MR) is 172 cm³/mol. The lowest BCUT2D eigenvalue weighted by molar-refractivity contribution is -0.120. The molecular formula is C33H37N5O5S. The highest BCUT2D eigenvalue weighted by Crippen LogP contribution is 2.30. The van der Waals surface area contributed by atoms with Crippen molar-refractivity contribution in [2.45, 2.75) is 57.5 Å². The van der Waals surface area contributed by atoms with Gasteiger partial charge in [-0.3, -0.25) is 19.3 Å². The number of fused-ring (bicyclic) bond motifs is 10. The smallest absolute Gasteiger partial charge is 0.258 e. The number of carbonyl (C=O) groups is 2. The van der Waals surface area contributed by atoms with Gasteiger partial charge in [0.25, 0.3) is 5.56 Å². The first-order valence-corrected chi connectivity index (χ1v) is 16.5. The molecule has 0 saturated heterocycles. The van der Waals surface area contributed by atoms with Crippen LogP contribution in [0, 0.1) is 13.8 Å². The second-order valence-electron chi connectivity index (χ2n) is 11.5. The summed E-state index contributed by atoms with van der Waals surface area (Å²) in [5.74, 6) is -0.342. The lowest BCUT2D eigenvalue weighted by atomic mass is 9.91. The standard InChI is InChI=1S/C33H37N5O5S/c1-5-12-38-17-27-20(2)13-23(14-21(27)3)32(37-25-7-9-28-26(16-25)33(41)35-19-34-28)29(39)10-6-22-15-24(36-31(40)18-38)8-11-30(22)44(4,42)43/h7-9,11,13-16,19,32,37H,5-6,10,12,17-18H2,1-4H3,(H,36,40)(H,34,35,41). The lowest BCUT2D eigenvalue weighted by Gasteiger charge is -2.26. The SMILES string of the molecule is CCCN1CC(=O)Nc2ccc(S(C)(=O)=O)c(c2)CCC(=O)C(Nc2ccc3nc[nH]c(=O)c3c2)c2cc(C)c(c(C)c2)C1. The highest BCUT2D eigenvalue weighted by molar-refractivity contribution is 7.90. The minimum Gasteiger partial charge on any atom is -0.372 e. The van der Waals surface area contributed by atoms with Crippen LogP contribution in [0.2, 0.25) is 0 Å². The summed E-state index contributed by atoms with van der Waals surface area (Å²) in [5.41, 5.74) is 5.63. The molecule has 1 amide bonds. The van der Waals surface area contributed by atoms with Crippen molar-refractivity contribution in [3.05, 3.63) is 93.0 Å². The number of nitrogens with one attached hydrogen (secondary N) is 3. The molecule has 6 rings (SSSR count). The van der Waals surface area contributed by atoms with Crippen LogP contribution in [0.1, 0.15) is 53.6 Å². The third kappa shape index (κ3) is 6.89. The number of hydrogen-bond acceptors (Lipinski definition) is 8. The molecule has 0 saturated carbocycles. The molecule has 1 unspecified atom stereocenters. The number of rotatable bonds is 5. The van der Waals surface area contributed by atoms with E-state index in [0.717, 1.165) is 34.9 Å². The van der Waals surface area contributed by atoms with E-state index < -0.39 is 15.9 Å². The average molecular weight is 616 g/mol. The molecule has 230 valence electrons. The Balaban J connectivity index is 1.61. The van der Waals surface area contributed by atoms with Crippen molar-refractivity contribution in [1.29, 1.82) is 0 Å². The quantitative estimate of drug-likeness (QED) is 0.299. The average Bonchev–Trinajstić information content (AvgIpc) is 2.96. The van der Waals surface area contributed by atoms with Crippen LogP contribution in [0.3, 0.4) is 0 Å². The van der Waals surface area contributed by atoms with Gasteiger partial charge < -0.3 is 15.6 Å². The maximum absolute atomic E-state index is 14.0.